The van der Waals surface area contributed by atoms with Gasteiger partial charge < -0.3 is 9.84 Å². The maximum Gasteiger partial charge on any atom is 0.307 e. The smallest absolute Gasteiger partial charge is 0.307 e. The second kappa shape index (κ2) is 10.7. The summed E-state index contributed by atoms with van der Waals surface area (Å²) in [7, 11) is 0. The quantitative estimate of drug-likeness (QED) is 0.510. The summed E-state index contributed by atoms with van der Waals surface area (Å²) < 4.78 is 25.9. The minimum Gasteiger partial charge on any atom is -0.490 e. The van der Waals surface area contributed by atoms with Gasteiger partial charge in [0.05, 0.1) is 13.0 Å². The number of carboxylic acid groups (broad SMARTS) is 1. The summed E-state index contributed by atoms with van der Waals surface area (Å²) >= 11 is 1.88. The Balaban J connectivity index is 1.57. The number of fused-ring (bicyclic) bond motifs is 2. The molecular formula is C29H37FN2O3S. The van der Waals surface area contributed by atoms with Crippen molar-refractivity contribution in [2.45, 2.75) is 72.1 Å². The van der Waals surface area contributed by atoms with Gasteiger partial charge >= 0.3 is 5.97 Å². The predicted octanol–water partition coefficient (Wildman–Crippen LogP) is 5.82. The average Bonchev–Trinajstić information content (AvgIpc) is 3.08. The number of halogens is 1. The summed E-state index contributed by atoms with van der Waals surface area (Å²) in [6, 6.07) is 1.58. The number of rotatable bonds is 5. The van der Waals surface area contributed by atoms with Crippen molar-refractivity contribution in [2.75, 3.05) is 32.8 Å². The highest BCUT2D eigenvalue weighted by Crippen LogP contribution is 2.43. The molecule has 1 fully saturated rings. The number of hydrogen-bond donors (Lipinski definition) is 1. The van der Waals surface area contributed by atoms with Gasteiger partial charge in [-0.15, -0.1) is 0 Å². The fraction of sp³-hybridized carbons (Fsp3) is 0.552. The van der Waals surface area contributed by atoms with E-state index in [9.17, 15) is 9.90 Å². The van der Waals surface area contributed by atoms with Crippen LogP contribution in [0.5, 0.6) is 5.75 Å². The van der Waals surface area contributed by atoms with Gasteiger partial charge in [0.1, 0.15) is 0 Å². The Hall–Kier alpha value is -2.09. The lowest BCUT2D eigenvalue weighted by molar-refractivity contribution is -0.136. The minimum atomic E-state index is -0.853. The second-order valence-electron chi connectivity index (χ2n) is 10.4. The highest BCUT2D eigenvalue weighted by atomic mass is 32.2. The standard InChI is InChI=1S/C29H37FN2O3S/c1-18-21-9-13-32(36-31-11-5-4-6-12-31)14-10-22(21)20(3)28(25(18)17-27(33)34)24-16-26(30)29-23(19(24)2)8-7-15-35-29/h16H,4-15,17H2,1-3H3,(H,33,34). The van der Waals surface area contributed by atoms with E-state index in [2.05, 4.69) is 22.5 Å². The van der Waals surface area contributed by atoms with Crippen LogP contribution in [0.3, 0.4) is 0 Å². The van der Waals surface area contributed by atoms with E-state index < -0.39 is 5.97 Å². The lowest BCUT2D eigenvalue weighted by atomic mass is 9.80. The van der Waals surface area contributed by atoms with E-state index in [1.54, 1.807) is 6.07 Å². The monoisotopic (exact) mass is 512 g/mol. The molecule has 2 aromatic rings. The SMILES string of the molecule is Cc1c(-c2c(C)c3c(c(C)c2CC(=O)O)CCN(SN2CCCCC2)CC3)cc(F)c2c1CCCO2. The summed E-state index contributed by atoms with van der Waals surface area (Å²) in [6.07, 6.45) is 7.27. The molecule has 5 nitrogen and oxygen atoms in total. The molecule has 0 spiro atoms. The third-order valence-electron chi connectivity index (χ3n) is 8.20. The third-order valence-corrected chi connectivity index (χ3v) is 9.39. The van der Waals surface area contributed by atoms with E-state index in [1.165, 1.54) is 30.4 Å². The van der Waals surface area contributed by atoms with E-state index in [0.29, 0.717) is 12.4 Å². The zero-order valence-corrected chi connectivity index (χ0v) is 22.5. The largest absolute Gasteiger partial charge is 0.490 e. The predicted molar refractivity (Wildman–Crippen MR) is 143 cm³/mol. The Morgan fingerprint density at radius 3 is 2.28 bits per heavy atom. The summed E-state index contributed by atoms with van der Waals surface area (Å²) in [5.74, 6) is -0.825. The van der Waals surface area contributed by atoms with Gasteiger partial charge in [-0.2, -0.15) is 0 Å². The minimum absolute atomic E-state index is 0.0594. The molecule has 0 aromatic heterocycles. The number of ether oxygens (including phenoxy) is 1. The molecule has 7 heteroatoms. The van der Waals surface area contributed by atoms with Gasteiger partial charge in [0.25, 0.3) is 0 Å². The topological polar surface area (TPSA) is 53.0 Å². The molecule has 1 N–H and O–H groups in total. The van der Waals surface area contributed by atoms with Crippen LogP contribution in [0.15, 0.2) is 6.07 Å². The number of hydrogen-bond acceptors (Lipinski definition) is 5. The molecule has 1 saturated heterocycles. The molecule has 2 aromatic carbocycles. The number of benzene rings is 2. The molecular weight excluding hydrogens is 475 g/mol. The molecule has 3 aliphatic heterocycles. The first-order valence-electron chi connectivity index (χ1n) is 13.3. The maximum atomic E-state index is 15.2. The van der Waals surface area contributed by atoms with Crippen molar-refractivity contribution in [2.24, 2.45) is 0 Å². The van der Waals surface area contributed by atoms with E-state index in [1.807, 2.05) is 19.1 Å². The van der Waals surface area contributed by atoms with Crippen LogP contribution in [0.1, 0.15) is 64.6 Å². The van der Waals surface area contributed by atoms with Crippen LogP contribution in [0, 0.1) is 26.6 Å². The third kappa shape index (κ3) is 4.90. The van der Waals surface area contributed by atoms with Crippen molar-refractivity contribution in [3.63, 3.8) is 0 Å². The van der Waals surface area contributed by atoms with Crippen molar-refractivity contribution in [1.82, 2.24) is 8.61 Å². The highest BCUT2D eigenvalue weighted by molar-refractivity contribution is 7.94. The Labute approximate surface area is 218 Å². The molecule has 0 unspecified atom stereocenters. The molecule has 36 heavy (non-hydrogen) atoms. The summed E-state index contributed by atoms with van der Waals surface area (Å²) in [5, 5.41) is 9.84. The molecule has 0 saturated carbocycles. The molecule has 3 aliphatic rings. The van der Waals surface area contributed by atoms with Crippen LogP contribution in [-0.4, -0.2) is 52.5 Å². The molecule has 5 rings (SSSR count). The van der Waals surface area contributed by atoms with Crippen LogP contribution in [0.25, 0.3) is 11.1 Å². The fourth-order valence-electron chi connectivity index (χ4n) is 6.31. The molecule has 0 radical (unpaired) electrons. The Bertz CT molecular complexity index is 1180. The number of carbonyl (C=O) groups is 1. The Morgan fingerprint density at radius 2 is 1.58 bits per heavy atom. The van der Waals surface area contributed by atoms with Crippen LogP contribution >= 0.6 is 12.1 Å². The van der Waals surface area contributed by atoms with E-state index in [-0.39, 0.29) is 12.2 Å². The van der Waals surface area contributed by atoms with E-state index in [0.717, 1.165) is 90.8 Å². The number of carboxylic acids is 1. The van der Waals surface area contributed by atoms with Crippen LogP contribution in [-0.2, 0) is 30.5 Å². The van der Waals surface area contributed by atoms with Crippen molar-refractivity contribution >= 4 is 18.1 Å². The van der Waals surface area contributed by atoms with Gasteiger partial charge in [-0.25, -0.2) is 13.0 Å². The maximum absolute atomic E-state index is 15.2. The average molecular weight is 513 g/mol. The first-order chi connectivity index (χ1) is 17.3. The Kier molecular flexibility index (Phi) is 7.61. The van der Waals surface area contributed by atoms with Crippen LogP contribution in [0.2, 0.25) is 0 Å². The van der Waals surface area contributed by atoms with Gasteiger partial charge in [0, 0.05) is 43.9 Å². The summed E-state index contributed by atoms with van der Waals surface area (Å²) in [5.41, 5.74) is 9.26. The van der Waals surface area contributed by atoms with Crippen LogP contribution in [0.4, 0.5) is 4.39 Å². The van der Waals surface area contributed by atoms with Crippen LogP contribution < -0.4 is 4.74 Å². The first-order valence-corrected chi connectivity index (χ1v) is 14.1. The van der Waals surface area contributed by atoms with Gasteiger partial charge in [0.15, 0.2) is 11.6 Å². The second-order valence-corrected chi connectivity index (χ2v) is 11.6. The zero-order valence-electron chi connectivity index (χ0n) is 21.7. The van der Waals surface area contributed by atoms with Gasteiger partial charge in [-0.1, -0.05) is 6.42 Å². The van der Waals surface area contributed by atoms with Gasteiger partial charge in [0.2, 0.25) is 0 Å². The number of piperidine rings is 1. The van der Waals surface area contributed by atoms with Crippen molar-refractivity contribution in [1.29, 1.82) is 0 Å². The first kappa shape index (κ1) is 25.6. The lowest BCUT2D eigenvalue weighted by Gasteiger charge is -2.30. The molecule has 0 aliphatic carbocycles. The lowest BCUT2D eigenvalue weighted by Crippen LogP contribution is -2.30. The van der Waals surface area contributed by atoms with Crippen molar-refractivity contribution in [3.05, 3.63) is 50.8 Å². The van der Waals surface area contributed by atoms with E-state index in [4.69, 9.17) is 4.74 Å². The van der Waals surface area contributed by atoms with E-state index >= 15 is 4.39 Å². The normalized spacial score (nSPS) is 18.8. The molecule has 0 amide bonds. The summed E-state index contributed by atoms with van der Waals surface area (Å²) in [4.78, 5) is 12.0. The number of nitrogens with zero attached hydrogens (tertiary/aromatic N) is 2. The number of aliphatic carboxylic acids is 1. The summed E-state index contributed by atoms with van der Waals surface area (Å²) in [6.45, 7) is 10.9. The van der Waals surface area contributed by atoms with Gasteiger partial charge in [-0.3, -0.25) is 4.79 Å². The van der Waals surface area contributed by atoms with Crippen molar-refractivity contribution in [3.8, 4) is 16.9 Å². The van der Waals surface area contributed by atoms with Gasteiger partial charge in [-0.05, 0) is 110 Å². The molecule has 3 heterocycles. The van der Waals surface area contributed by atoms with Crippen molar-refractivity contribution < 1.29 is 19.0 Å². The molecule has 0 bridgehead atoms. The molecule has 0 atom stereocenters. The Morgan fingerprint density at radius 1 is 0.917 bits per heavy atom. The highest BCUT2D eigenvalue weighted by Gasteiger charge is 2.28. The molecule has 194 valence electrons. The zero-order chi connectivity index (χ0) is 25.4. The fourth-order valence-corrected chi connectivity index (χ4v) is 7.40.